The van der Waals surface area contributed by atoms with Gasteiger partial charge in [-0.25, -0.2) is 4.79 Å². The maximum Gasteiger partial charge on any atom is 0.410 e. The van der Waals surface area contributed by atoms with Gasteiger partial charge >= 0.3 is 6.09 Å². The Morgan fingerprint density at radius 3 is 1.87 bits per heavy atom. The summed E-state index contributed by atoms with van der Waals surface area (Å²) in [4.78, 5) is 60.8. The summed E-state index contributed by atoms with van der Waals surface area (Å²) in [6.07, 6.45) is 2.99. The molecule has 0 unspecified atom stereocenters. The molecule has 0 aliphatic heterocycles. The lowest BCUT2D eigenvalue weighted by Gasteiger charge is -2.36. The van der Waals surface area contributed by atoms with Gasteiger partial charge in [-0.2, -0.15) is 0 Å². The second kappa shape index (κ2) is 13.5. The lowest BCUT2D eigenvalue weighted by Crippen LogP contribution is -2.61. The number of benzene rings is 2. The van der Waals surface area contributed by atoms with Crippen molar-refractivity contribution in [2.45, 2.75) is 84.2 Å². The molecule has 0 saturated carbocycles. The molecule has 0 aliphatic rings. The summed E-state index contributed by atoms with van der Waals surface area (Å²) >= 11 is 0. The normalized spacial score (nSPS) is 13.2. The van der Waals surface area contributed by atoms with E-state index < -0.39 is 41.3 Å². The molecule has 0 aliphatic carbocycles. The number of H-pyrrole nitrogens is 2. The van der Waals surface area contributed by atoms with Gasteiger partial charge in [0, 0.05) is 60.5 Å². The van der Waals surface area contributed by atoms with Crippen LogP contribution in [0.5, 0.6) is 0 Å². The molecule has 4 rings (SSSR count). The van der Waals surface area contributed by atoms with Gasteiger partial charge in [-0.3, -0.25) is 19.3 Å². The first kappa shape index (κ1) is 33.1. The third-order valence-electron chi connectivity index (χ3n) is 7.85. The van der Waals surface area contributed by atoms with Gasteiger partial charge in [-0.05, 0) is 57.9 Å². The zero-order chi connectivity index (χ0) is 32.9. The van der Waals surface area contributed by atoms with Crippen LogP contribution in [0.4, 0.5) is 4.79 Å². The van der Waals surface area contributed by atoms with Crippen molar-refractivity contribution in [2.24, 2.45) is 0 Å². The average molecular weight is 617 g/mol. The minimum Gasteiger partial charge on any atom is -0.444 e. The van der Waals surface area contributed by atoms with Gasteiger partial charge in [-0.15, -0.1) is 0 Å². The maximum absolute atomic E-state index is 14.0. The van der Waals surface area contributed by atoms with Crippen LogP contribution in [-0.4, -0.2) is 69.1 Å². The van der Waals surface area contributed by atoms with Crippen molar-refractivity contribution in [3.63, 3.8) is 0 Å². The summed E-state index contributed by atoms with van der Waals surface area (Å²) < 4.78 is 5.48. The Labute approximate surface area is 263 Å². The maximum atomic E-state index is 14.0. The van der Waals surface area contributed by atoms with Crippen LogP contribution in [0.1, 0.15) is 59.1 Å². The fraction of sp³-hybridized carbons (Fsp3) is 0.412. The number of carbonyl (C=O) groups excluding carboxylic acids is 4. The van der Waals surface area contributed by atoms with E-state index in [1.807, 2.05) is 60.9 Å². The first-order chi connectivity index (χ1) is 21.2. The summed E-state index contributed by atoms with van der Waals surface area (Å²) in [5.74, 6) is -1.25. The number of fused-ring (bicyclic) bond motifs is 2. The van der Waals surface area contributed by atoms with E-state index in [4.69, 9.17) is 4.74 Å². The molecule has 2 atom stereocenters. The molecule has 45 heavy (non-hydrogen) atoms. The van der Waals surface area contributed by atoms with E-state index >= 15 is 0 Å². The molecule has 0 bridgehead atoms. The molecule has 0 radical (unpaired) electrons. The summed E-state index contributed by atoms with van der Waals surface area (Å²) in [5, 5.41) is 10.7. The van der Waals surface area contributed by atoms with Crippen molar-refractivity contribution >= 4 is 45.6 Å². The van der Waals surface area contributed by atoms with Gasteiger partial charge in [0.15, 0.2) is 0 Å². The monoisotopic (exact) mass is 616 g/mol. The van der Waals surface area contributed by atoms with Crippen LogP contribution in [0.3, 0.4) is 0 Å². The molecule has 11 nitrogen and oxygen atoms in total. The van der Waals surface area contributed by atoms with Crippen LogP contribution in [0, 0.1) is 0 Å². The first-order valence-electron chi connectivity index (χ1n) is 15.2. The highest BCUT2D eigenvalue weighted by Crippen LogP contribution is 2.22. The third-order valence-corrected chi connectivity index (χ3v) is 7.85. The van der Waals surface area contributed by atoms with Crippen molar-refractivity contribution < 1.29 is 23.9 Å². The van der Waals surface area contributed by atoms with Crippen LogP contribution < -0.4 is 16.0 Å². The van der Waals surface area contributed by atoms with Crippen LogP contribution in [-0.2, 0) is 32.0 Å². The van der Waals surface area contributed by atoms with Crippen LogP contribution >= 0.6 is 0 Å². The van der Waals surface area contributed by atoms with Gasteiger partial charge < -0.3 is 30.7 Å². The van der Waals surface area contributed by atoms with Crippen LogP contribution in [0.25, 0.3) is 21.8 Å². The number of rotatable bonds is 11. The predicted molar refractivity (Wildman–Crippen MR) is 174 cm³/mol. The molecule has 2 aromatic carbocycles. The lowest BCUT2D eigenvalue weighted by molar-refractivity contribution is -0.135. The molecule has 11 heteroatoms. The van der Waals surface area contributed by atoms with Gasteiger partial charge in [0.25, 0.3) is 0 Å². The van der Waals surface area contributed by atoms with Crippen LogP contribution in [0.2, 0.25) is 0 Å². The third kappa shape index (κ3) is 8.03. The van der Waals surface area contributed by atoms with E-state index in [0.717, 1.165) is 32.9 Å². The van der Waals surface area contributed by atoms with Crippen molar-refractivity contribution in [3.8, 4) is 0 Å². The Morgan fingerprint density at radius 1 is 0.800 bits per heavy atom. The second-order valence-electron chi connectivity index (χ2n) is 12.7. The number of aromatic nitrogens is 2. The molecule has 5 N–H and O–H groups in total. The highest BCUT2D eigenvalue weighted by atomic mass is 16.6. The zero-order valence-electron chi connectivity index (χ0n) is 27.0. The summed E-state index contributed by atoms with van der Waals surface area (Å²) in [6, 6.07) is 14.5. The number of para-hydroxylation sites is 2. The molecule has 0 saturated heterocycles. The SMILES string of the molecule is CCC(=O)N[C@@H](Cc1c[nH]c2ccccc12)NC(=O)[C@@H](Cc1c[nH]c2ccccc12)NC(=O)C(C)(C)N(C)C(=O)OC(C)(C)C. The summed E-state index contributed by atoms with van der Waals surface area (Å²) in [5.41, 5.74) is 1.48. The molecule has 2 heterocycles. The number of hydrogen-bond donors (Lipinski definition) is 5. The van der Waals surface area contributed by atoms with Gasteiger partial charge in [0.05, 0.1) is 0 Å². The predicted octanol–water partition coefficient (Wildman–Crippen LogP) is 4.53. The number of amides is 4. The number of nitrogens with one attached hydrogen (secondary N) is 5. The summed E-state index contributed by atoms with van der Waals surface area (Å²) in [7, 11) is 1.49. The number of hydrogen-bond acceptors (Lipinski definition) is 5. The van der Waals surface area contributed by atoms with Crippen molar-refractivity contribution in [1.29, 1.82) is 0 Å². The first-order valence-corrected chi connectivity index (χ1v) is 15.2. The van der Waals surface area contributed by atoms with Crippen molar-refractivity contribution in [3.05, 3.63) is 72.1 Å². The molecule has 0 spiro atoms. The molecule has 0 fully saturated rings. The zero-order valence-corrected chi connectivity index (χ0v) is 27.0. The molecule has 4 aromatic rings. The average Bonchev–Trinajstić information content (AvgIpc) is 3.59. The number of aromatic amines is 2. The van der Waals surface area contributed by atoms with Gasteiger partial charge in [0.2, 0.25) is 17.7 Å². The fourth-order valence-electron chi connectivity index (χ4n) is 5.00. The number of carbonyl (C=O) groups is 4. The molecular formula is C34H44N6O5. The quantitative estimate of drug-likeness (QED) is 0.157. The highest BCUT2D eigenvalue weighted by Gasteiger charge is 2.39. The van der Waals surface area contributed by atoms with Crippen LogP contribution in [0.15, 0.2) is 60.9 Å². The largest absolute Gasteiger partial charge is 0.444 e. The van der Waals surface area contributed by atoms with E-state index in [-0.39, 0.29) is 18.7 Å². The molecule has 240 valence electrons. The topological polar surface area (TPSA) is 148 Å². The minimum absolute atomic E-state index is 0.162. The van der Waals surface area contributed by atoms with E-state index in [1.165, 1.54) is 11.9 Å². The van der Waals surface area contributed by atoms with E-state index in [9.17, 15) is 19.2 Å². The Hall–Kier alpha value is -4.80. The van der Waals surface area contributed by atoms with Gasteiger partial charge in [-0.1, -0.05) is 43.3 Å². The minimum atomic E-state index is -1.36. The Bertz CT molecular complexity index is 1680. The molecule has 4 amide bonds. The second-order valence-corrected chi connectivity index (χ2v) is 12.7. The van der Waals surface area contributed by atoms with Crippen molar-refractivity contribution in [1.82, 2.24) is 30.8 Å². The standard InChI is InChI=1S/C34H44N6O5/c1-8-29(41)38-28(18-22-20-36-26-16-12-10-14-24(22)26)39-30(42)27(17-21-19-35-25-15-11-9-13-23(21)25)37-31(43)34(5,6)40(7)32(44)45-33(2,3)4/h9-16,19-20,27-28,35-36H,8,17-18H2,1-7H3,(H,37,43)(H,38,41)(H,39,42)/t27-,28-/m1/s1. The summed E-state index contributed by atoms with van der Waals surface area (Å²) in [6.45, 7) is 10.2. The van der Waals surface area contributed by atoms with Crippen molar-refractivity contribution in [2.75, 3.05) is 7.05 Å². The lowest BCUT2D eigenvalue weighted by atomic mass is 9.99. The van der Waals surface area contributed by atoms with Gasteiger partial charge in [0.1, 0.15) is 23.3 Å². The Balaban J connectivity index is 1.61. The molecular weight excluding hydrogens is 572 g/mol. The highest BCUT2D eigenvalue weighted by molar-refractivity contribution is 5.94. The molecule has 2 aromatic heterocycles. The number of ether oxygens (including phenoxy) is 1. The smallest absolute Gasteiger partial charge is 0.410 e. The number of nitrogens with zero attached hydrogens (tertiary/aromatic N) is 1. The van der Waals surface area contributed by atoms with E-state index in [2.05, 4.69) is 25.9 Å². The number of likely N-dealkylation sites (N-methyl/N-ethyl adjacent to an activating group) is 1. The Kier molecular flexibility index (Phi) is 9.90. The van der Waals surface area contributed by atoms with E-state index in [1.54, 1.807) is 41.5 Å². The fourth-order valence-corrected chi connectivity index (χ4v) is 5.00. The Morgan fingerprint density at radius 2 is 1.33 bits per heavy atom. The van der Waals surface area contributed by atoms with E-state index in [0.29, 0.717) is 6.42 Å².